The van der Waals surface area contributed by atoms with Crippen molar-refractivity contribution in [2.45, 2.75) is 30.6 Å². The second-order valence-electron chi connectivity index (χ2n) is 8.80. The van der Waals surface area contributed by atoms with Crippen LogP contribution in [0.2, 0.25) is 0 Å². The molecule has 2 aromatic carbocycles. The normalized spacial score (nSPS) is 13.7. The number of thiazole rings is 1. The lowest BCUT2D eigenvalue weighted by atomic mass is 9.97. The number of carboxylic acid groups (broad SMARTS) is 1. The van der Waals surface area contributed by atoms with Gasteiger partial charge >= 0.3 is 5.97 Å². The predicted octanol–water partition coefficient (Wildman–Crippen LogP) is 4.30. The zero-order valence-corrected chi connectivity index (χ0v) is 20.6. The van der Waals surface area contributed by atoms with Gasteiger partial charge in [-0.3, -0.25) is 0 Å². The molecule has 0 saturated heterocycles. The Morgan fingerprint density at radius 2 is 1.84 bits per heavy atom. The van der Waals surface area contributed by atoms with Crippen LogP contribution in [-0.2, 0) is 22.9 Å². The van der Waals surface area contributed by atoms with Crippen LogP contribution in [-0.4, -0.2) is 34.3 Å². The minimum Gasteiger partial charge on any atom is -0.476 e. The molecule has 5 rings (SSSR count). The number of halogens is 3. The number of aromatic carboxylic acids is 1. The SMILES string of the molecule is NS(=O)(=O)c1ccc(Cc2c(-c3cc(F)cc(F)c3)nn(-c3nc(C(=O)O)cs3)c2CC2CC2)cc1F. The number of hydrogen-bond donors (Lipinski definition) is 2. The van der Waals surface area contributed by atoms with Gasteiger partial charge < -0.3 is 5.11 Å². The van der Waals surface area contributed by atoms with E-state index < -0.39 is 38.3 Å². The van der Waals surface area contributed by atoms with Crippen molar-refractivity contribution in [3.05, 3.63) is 81.7 Å². The summed E-state index contributed by atoms with van der Waals surface area (Å²) in [6.07, 6.45) is 2.50. The Kier molecular flexibility index (Phi) is 6.38. The molecule has 37 heavy (non-hydrogen) atoms. The highest BCUT2D eigenvalue weighted by molar-refractivity contribution is 7.89. The lowest BCUT2D eigenvalue weighted by Gasteiger charge is -2.10. The molecule has 1 aliphatic rings. The van der Waals surface area contributed by atoms with Gasteiger partial charge in [-0.2, -0.15) is 5.10 Å². The summed E-state index contributed by atoms with van der Waals surface area (Å²) in [4.78, 5) is 14.9. The van der Waals surface area contributed by atoms with Gasteiger partial charge in [-0.15, -0.1) is 11.3 Å². The number of sulfonamides is 1. The first-order valence-corrected chi connectivity index (χ1v) is 13.5. The Morgan fingerprint density at radius 3 is 2.41 bits per heavy atom. The van der Waals surface area contributed by atoms with Crippen molar-refractivity contribution in [3.8, 4) is 16.4 Å². The summed E-state index contributed by atoms with van der Waals surface area (Å²) in [6, 6.07) is 6.48. The second kappa shape index (κ2) is 9.39. The van der Waals surface area contributed by atoms with Gasteiger partial charge in [0.2, 0.25) is 15.2 Å². The van der Waals surface area contributed by atoms with E-state index in [9.17, 15) is 31.5 Å². The van der Waals surface area contributed by atoms with Gasteiger partial charge in [0, 0.05) is 29.0 Å². The third-order valence-electron chi connectivity index (χ3n) is 5.98. The lowest BCUT2D eigenvalue weighted by Crippen LogP contribution is -2.14. The number of rotatable bonds is 8. The van der Waals surface area contributed by atoms with Gasteiger partial charge in [0.05, 0.1) is 11.4 Å². The fourth-order valence-electron chi connectivity index (χ4n) is 4.11. The summed E-state index contributed by atoms with van der Waals surface area (Å²) in [5, 5.41) is 20.6. The highest BCUT2D eigenvalue weighted by Crippen LogP contribution is 2.38. The van der Waals surface area contributed by atoms with E-state index in [-0.39, 0.29) is 28.5 Å². The Hall–Kier alpha value is -3.55. The molecule has 0 aliphatic heterocycles. The second-order valence-corrected chi connectivity index (χ2v) is 11.2. The van der Waals surface area contributed by atoms with Crippen LogP contribution in [0.3, 0.4) is 0 Å². The first kappa shape index (κ1) is 25.1. The molecule has 1 aliphatic carbocycles. The van der Waals surface area contributed by atoms with Gasteiger partial charge in [0.15, 0.2) is 5.69 Å². The average Bonchev–Trinajstić information content (AvgIpc) is 3.35. The van der Waals surface area contributed by atoms with Gasteiger partial charge in [-0.25, -0.2) is 41.2 Å². The quantitative estimate of drug-likeness (QED) is 0.338. The molecule has 192 valence electrons. The van der Waals surface area contributed by atoms with Gasteiger partial charge in [0.1, 0.15) is 22.3 Å². The fraction of sp³-hybridized carbons (Fsp3) is 0.208. The Morgan fingerprint density at radius 1 is 1.14 bits per heavy atom. The maximum absolute atomic E-state index is 14.6. The van der Waals surface area contributed by atoms with E-state index in [1.807, 2.05) is 0 Å². The van der Waals surface area contributed by atoms with Crippen molar-refractivity contribution in [1.29, 1.82) is 0 Å². The molecular weight excluding hydrogens is 529 g/mol. The molecule has 0 unspecified atom stereocenters. The number of carbonyl (C=O) groups is 1. The van der Waals surface area contributed by atoms with Crippen LogP contribution < -0.4 is 5.14 Å². The van der Waals surface area contributed by atoms with Crippen molar-refractivity contribution in [2.75, 3.05) is 0 Å². The smallest absolute Gasteiger partial charge is 0.355 e. The maximum Gasteiger partial charge on any atom is 0.355 e. The van der Waals surface area contributed by atoms with Crippen molar-refractivity contribution < 1.29 is 31.5 Å². The third kappa shape index (κ3) is 5.29. The van der Waals surface area contributed by atoms with Gasteiger partial charge in [0.25, 0.3) is 0 Å². The lowest BCUT2D eigenvalue weighted by molar-refractivity contribution is 0.0691. The number of carboxylic acids is 1. The molecule has 13 heteroatoms. The molecule has 1 fully saturated rings. The fourth-order valence-corrected chi connectivity index (χ4v) is 5.47. The van der Waals surface area contributed by atoms with Crippen LogP contribution in [0.1, 0.15) is 40.2 Å². The van der Waals surface area contributed by atoms with E-state index in [2.05, 4.69) is 10.1 Å². The number of hydrogen-bond acceptors (Lipinski definition) is 6. The van der Waals surface area contributed by atoms with E-state index in [1.165, 1.54) is 16.1 Å². The van der Waals surface area contributed by atoms with Crippen LogP contribution in [0.4, 0.5) is 13.2 Å². The van der Waals surface area contributed by atoms with Crippen LogP contribution in [0.25, 0.3) is 16.4 Å². The number of nitrogens with two attached hydrogens (primary N) is 1. The van der Waals surface area contributed by atoms with E-state index in [0.29, 0.717) is 29.2 Å². The predicted molar refractivity (Wildman–Crippen MR) is 129 cm³/mol. The summed E-state index contributed by atoms with van der Waals surface area (Å²) in [6.45, 7) is 0. The first-order valence-electron chi connectivity index (χ1n) is 11.1. The van der Waals surface area contributed by atoms with Crippen LogP contribution >= 0.6 is 11.3 Å². The largest absolute Gasteiger partial charge is 0.476 e. The van der Waals surface area contributed by atoms with Crippen molar-refractivity contribution in [2.24, 2.45) is 11.1 Å². The monoisotopic (exact) mass is 548 g/mol. The number of nitrogens with zero attached hydrogens (tertiary/aromatic N) is 3. The Balaban J connectivity index is 1.70. The molecule has 0 atom stereocenters. The van der Waals surface area contributed by atoms with E-state index in [1.54, 1.807) is 0 Å². The van der Waals surface area contributed by atoms with Crippen LogP contribution in [0, 0.1) is 23.4 Å². The number of benzene rings is 2. The summed E-state index contributed by atoms with van der Waals surface area (Å²) in [5.74, 6) is -3.54. The molecule has 2 aromatic heterocycles. The minimum atomic E-state index is -4.27. The highest BCUT2D eigenvalue weighted by atomic mass is 32.2. The molecule has 8 nitrogen and oxygen atoms in total. The molecule has 3 N–H and O–H groups in total. The number of aromatic nitrogens is 3. The summed E-state index contributed by atoms with van der Waals surface area (Å²) in [5.41, 5.74) is 1.74. The van der Waals surface area contributed by atoms with Crippen LogP contribution in [0.5, 0.6) is 0 Å². The van der Waals surface area contributed by atoms with Gasteiger partial charge in [-0.05, 0) is 55.0 Å². The topological polar surface area (TPSA) is 128 Å². The molecule has 1 saturated carbocycles. The molecule has 0 spiro atoms. The van der Waals surface area contributed by atoms with E-state index in [0.717, 1.165) is 54.5 Å². The van der Waals surface area contributed by atoms with Gasteiger partial charge in [-0.1, -0.05) is 6.07 Å². The molecule has 4 aromatic rings. The summed E-state index contributed by atoms with van der Waals surface area (Å²) < 4.78 is 67.6. The maximum atomic E-state index is 14.6. The van der Waals surface area contributed by atoms with Crippen LogP contribution in [0.15, 0.2) is 46.7 Å². The van der Waals surface area contributed by atoms with E-state index in [4.69, 9.17) is 5.14 Å². The van der Waals surface area contributed by atoms with Crippen molar-refractivity contribution in [3.63, 3.8) is 0 Å². The van der Waals surface area contributed by atoms with Crippen molar-refractivity contribution in [1.82, 2.24) is 14.8 Å². The summed E-state index contributed by atoms with van der Waals surface area (Å²) >= 11 is 1.05. The Bertz CT molecular complexity index is 1630. The first-order chi connectivity index (χ1) is 17.5. The third-order valence-corrected chi connectivity index (χ3v) is 7.74. The standard InChI is InChI=1S/C24H19F3N4O4S2/c25-15-8-14(9-16(26)10-15)22-17(5-13-3-4-21(18(27)6-13)37(28,34)35)20(7-12-1-2-12)31(30-22)24-29-19(11-36-24)23(32)33/h3-4,6,8-12H,1-2,5,7H2,(H,32,33)(H2,28,34,35). The minimum absolute atomic E-state index is 0.0501. The molecule has 0 radical (unpaired) electrons. The molecule has 2 heterocycles. The summed E-state index contributed by atoms with van der Waals surface area (Å²) in [7, 11) is -4.27. The zero-order valence-electron chi connectivity index (χ0n) is 19.0. The zero-order chi connectivity index (χ0) is 26.5. The highest BCUT2D eigenvalue weighted by Gasteiger charge is 2.30. The molecule has 0 amide bonds. The molecule has 0 bridgehead atoms. The van der Waals surface area contributed by atoms with Crippen molar-refractivity contribution >= 4 is 27.3 Å². The Labute approximate surface area is 213 Å². The van der Waals surface area contributed by atoms with E-state index >= 15 is 0 Å². The number of primary sulfonamides is 1. The molecular formula is C24H19F3N4O4S2. The average molecular weight is 549 g/mol.